The molecule has 0 aromatic heterocycles. The van der Waals surface area contributed by atoms with Gasteiger partial charge in [-0.1, -0.05) is 49.9 Å². The van der Waals surface area contributed by atoms with Crippen LogP contribution in [-0.2, 0) is 0 Å². The Labute approximate surface area is 156 Å². The normalized spacial score (nSPS) is 23.0. The van der Waals surface area contributed by atoms with Gasteiger partial charge >= 0.3 is 0 Å². The first-order valence-electron chi connectivity index (χ1n) is 9.36. The average molecular weight is 353 g/mol. The topological polar surface area (TPSA) is 6.48 Å². The monoisotopic (exact) mass is 352 g/mol. The third kappa shape index (κ3) is 3.09. The van der Waals surface area contributed by atoms with E-state index in [1.807, 2.05) is 11.8 Å². The second kappa shape index (κ2) is 6.69. The lowest BCUT2D eigenvalue weighted by atomic mass is 9.89. The van der Waals surface area contributed by atoms with E-state index in [1.165, 1.54) is 40.6 Å². The van der Waals surface area contributed by atoms with E-state index >= 15 is 0 Å². The van der Waals surface area contributed by atoms with E-state index in [0.29, 0.717) is 17.9 Å². The zero-order valence-corrected chi connectivity index (χ0v) is 16.5. The van der Waals surface area contributed by atoms with Crippen LogP contribution in [0, 0.1) is 0 Å². The smallest absolute Gasteiger partial charge is 0.0544 e. The van der Waals surface area contributed by atoms with Gasteiger partial charge in [0.25, 0.3) is 0 Å². The molecule has 0 radical (unpaired) electrons. The highest BCUT2D eigenvalue weighted by Crippen LogP contribution is 2.49. The molecule has 0 unspecified atom stereocenters. The lowest BCUT2D eigenvalue weighted by Crippen LogP contribution is -2.43. The van der Waals surface area contributed by atoms with E-state index in [-0.39, 0.29) is 0 Å². The van der Waals surface area contributed by atoms with Gasteiger partial charge in [-0.15, -0.1) is 0 Å². The molecule has 3 heteroatoms. The summed E-state index contributed by atoms with van der Waals surface area (Å²) in [5, 5.41) is 0. The maximum atomic E-state index is 2.55. The summed E-state index contributed by atoms with van der Waals surface area (Å²) in [6.45, 7) is 6.89. The molecule has 2 aliphatic heterocycles. The molecule has 2 aromatic carbocycles. The molecule has 0 spiro atoms. The molecule has 132 valence electrons. The van der Waals surface area contributed by atoms with E-state index < -0.39 is 0 Å². The van der Waals surface area contributed by atoms with Crippen LogP contribution >= 0.6 is 11.8 Å². The van der Waals surface area contributed by atoms with E-state index in [4.69, 9.17) is 0 Å². The summed E-state index contributed by atoms with van der Waals surface area (Å²) in [6.07, 6.45) is 1.26. The van der Waals surface area contributed by atoms with Crippen LogP contribution in [0.2, 0.25) is 0 Å². The largest absolute Gasteiger partial charge is 0.370 e. The first-order valence-corrected chi connectivity index (χ1v) is 10.2. The molecule has 0 bridgehead atoms. The highest BCUT2D eigenvalue weighted by atomic mass is 32.2. The van der Waals surface area contributed by atoms with Gasteiger partial charge in [-0.05, 0) is 55.3 Å². The van der Waals surface area contributed by atoms with Crippen molar-refractivity contribution >= 4 is 17.4 Å². The van der Waals surface area contributed by atoms with Gasteiger partial charge in [0, 0.05) is 35.3 Å². The number of piperidine rings is 1. The van der Waals surface area contributed by atoms with Crippen LogP contribution in [0.3, 0.4) is 0 Å². The molecular formula is C22H28N2S. The molecule has 4 rings (SSSR count). The van der Waals surface area contributed by atoms with Crippen molar-refractivity contribution in [2.75, 3.05) is 32.1 Å². The summed E-state index contributed by atoms with van der Waals surface area (Å²) >= 11 is 1.91. The zero-order valence-electron chi connectivity index (χ0n) is 15.7. The summed E-state index contributed by atoms with van der Waals surface area (Å²) in [4.78, 5) is 7.76. The van der Waals surface area contributed by atoms with E-state index in [9.17, 15) is 0 Å². The number of rotatable bonds is 3. The van der Waals surface area contributed by atoms with Gasteiger partial charge in [-0.25, -0.2) is 0 Å². The molecule has 0 saturated carbocycles. The first kappa shape index (κ1) is 17.0. The summed E-state index contributed by atoms with van der Waals surface area (Å²) in [5.74, 6) is 1.24. The fourth-order valence-electron chi connectivity index (χ4n) is 4.38. The molecule has 2 nitrogen and oxygen atoms in total. The van der Waals surface area contributed by atoms with Crippen LogP contribution in [0.4, 0.5) is 5.69 Å². The van der Waals surface area contributed by atoms with Gasteiger partial charge in [0.15, 0.2) is 0 Å². The minimum atomic E-state index is 0.589. The van der Waals surface area contributed by atoms with Gasteiger partial charge in [-0.2, -0.15) is 0 Å². The van der Waals surface area contributed by atoms with E-state index in [0.717, 1.165) is 0 Å². The summed E-state index contributed by atoms with van der Waals surface area (Å²) in [6, 6.07) is 16.6. The molecule has 1 saturated heterocycles. The van der Waals surface area contributed by atoms with Crippen molar-refractivity contribution in [3.05, 3.63) is 53.6 Å². The van der Waals surface area contributed by atoms with E-state index in [1.54, 1.807) is 5.56 Å². The van der Waals surface area contributed by atoms with Crippen molar-refractivity contribution < 1.29 is 0 Å². The second-order valence-electron chi connectivity index (χ2n) is 7.86. The fraction of sp³-hybridized carbons (Fsp3) is 0.455. The van der Waals surface area contributed by atoms with Crippen LogP contribution < -0.4 is 4.90 Å². The number of likely N-dealkylation sites (tertiary alicyclic amines) is 1. The summed E-state index contributed by atoms with van der Waals surface area (Å²) < 4.78 is 0. The van der Waals surface area contributed by atoms with Crippen molar-refractivity contribution in [1.29, 1.82) is 0 Å². The van der Waals surface area contributed by atoms with Crippen LogP contribution in [-0.4, -0.2) is 38.1 Å². The van der Waals surface area contributed by atoms with Gasteiger partial charge in [0.2, 0.25) is 0 Å². The third-order valence-corrected chi connectivity index (χ3v) is 6.89. The highest BCUT2D eigenvalue weighted by Gasteiger charge is 2.40. The van der Waals surface area contributed by atoms with Crippen molar-refractivity contribution in [2.24, 2.45) is 0 Å². The van der Waals surface area contributed by atoms with Crippen molar-refractivity contribution in [3.63, 3.8) is 0 Å². The molecule has 2 atom stereocenters. The number of anilines is 1. The molecule has 0 N–H and O–H groups in total. The van der Waals surface area contributed by atoms with Gasteiger partial charge in [-0.3, -0.25) is 0 Å². The molecule has 0 amide bonds. The standard InChI is InChI=1S/C22H28N2S/c1-15(2)16-8-10-17(11-9-16)25-21-7-5-6-18-19-14-23(3)13-12-20(19)24(4)22(18)21/h5-11,15,19-20H,12-14H2,1-4H3/t19-,20+/m1/s1. The maximum Gasteiger partial charge on any atom is 0.0544 e. The predicted octanol–water partition coefficient (Wildman–Crippen LogP) is 5.20. The molecule has 2 aliphatic rings. The lowest BCUT2D eigenvalue weighted by Gasteiger charge is -2.35. The van der Waals surface area contributed by atoms with Crippen molar-refractivity contribution in [3.8, 4) is 0 Å². The number of hydrogen-bond acceptors (Lipinski definition) is 3. The van der Waals surface area contributed by atoms with Gasteiger partial charge in [0.05, 0.1) is 5.69 Å². The van der Waals surface area contributed by atoms with Crippen LogP contribution in [0.1, 0.15) is 43.2 Å². The average Bonchev–Trinajstić information content (AvgIpc) is 2.88. The molecule has 25 heavy (non-hydrogen) atoms. The lowest BCUT2D eigenvalue weighted by molar-refractivity contribution is 0.234. The fourth-order valence-corrected chi connectivity index (χ4v) is 5.41. The SMILES string of the molecule is CC(C)c1ccc(Sc2cccc3c2N(C)[C@H]2CCN(C)C[C@H]32)cc1. The first-order chi connectivity index (χ1) is 12.0. The van der Waals surface area contributed by atoms with Crippen LogP contribution in [0.5, 0.6) is 0 Å². The number of fused-ring (bicyclic) bond motifs is 3. The quantitative estimate of drug-likeness (QED) is 0.750. The Kier molecular flexibility index (Phi) is 4.55. The Morgan fingerprint density at radius 2 is 1.80 bits per heavy atom. The maximum absolute atomic E-state index is 2.55. The Balaban J connectivity index is 1.64. The van der Waals surface area contributed by atoms with Crippen LogP contribution in [0.15, 0.2) is 52.3 Å². The summed E-state index contributed by atoms with van der Waals surface area (Å²) in [7, 11) is 4.55. The Morgan fingerprint density at radius 1 is 1.04 bits per heavy atom. The van der Waals surface area contributed by atoms with Crippen molar-refractivity contribution in [1.82, 2.24) is 4.90 Å². The van der Waals surface area contributed by atoms with Gasteiger partial charge in [0.1, 0.15) is 0 Å². The molecular weight excluding hydrogens is 324 g/mol. The van der Waals surface area contributed by atoms with Crippen LogP contribution in [0.25, 0.3) is 0 Å². The predicted molar refractivity (Wildman–Crippen MR) is 108 cm³/mol. The number of nitrogens with zero attached hydrogens (tertiary/aromatic N) is 2. The highest BCUT2D eigenvalue weighted by molar-refractivity contribution is 7.99. The molecule has 0 aliphatic carbocycles. The van der Waals surface area contributed by atoms with E-state index in [2.05, 4.69) is 80.2 Å². The Bertz CT molecular complexity index is 753. The Morgan fingerprint density at radius 3 is 2.52 bits per heavy atom. The number of likely N-dealkylation sites (N-methyl/N-ethyl adjacent to an activating group) is 2. The number of para-hydroxylation sites is 1. The molecule has 2 heterocycles. The minimum Gasteiger partial charge on any atom is -0.370 e. The number of benzene rings is 2. The third-order valence-electron chi connectivity index (χ3n) is 5.83. The van der Waals surface area contributed by atoms with Gasteiger partial charge < -0.3 is 9.80 Å². The van der Waals surface area contributed by atoms with Crippen molar-refractivity contribution in [2.45, 2.75) is 47.9 Å². The minimum absolute atomic E-state index is 0.589. The zero-order chi connectivity index (χ0) is 17.6. The molecule has 2 aromatic rings. The Hall–Kier alpha value is -1.45. The summed E-state index contributed by atoms with van der Waals surface area (Å²) in [5.41, 5.74) is 4.42. The molecule has 1 fully saturated rings. The number of hydrogen-bond donors (Lipinski definition) is 0. The second-order valence-corrected chi connectivity index (χ2v) is 8.97.